The van der Waals surface area contributed by atoms with Crippen LogP contribution in [0.15, 0.2) is 24.4 Å². The summed E-state index contributed by atoms with van der Waals surface area (Å²) in [7, 11) is 0. The average molecular weight is 622 g/mol. The van der Waals surface area contributed by atoms with Gasteiger partial charge in [-0.3, -0.25) is 14.2 Å². The zero-order chi connectivity index (χ0) is 29.8. The first-order valence-corrected chi connectivity index (χ1v) is 14.5. The molecule has 2 aromatic heterocycles. The summed E-state index contributed by atoms with van der Waals surface area (Å²) in [6.07, 6.45) is 1.42. The fraction of sp³-hybridized carbons (Fsp3) is 0.444. The minimum atomic E-state index is -0.526. The van der Waals surface area contributed by atoms with Crippen LogP contribution in [0.4, 0.5) is 16.2 Å². The van der Waals surface area contributed by atoms with E-state index in [-0.39, 0.29) is 12.0 Å². The van der Waals surface area contributed by atoms with Crippen molar-refractivity contribution in [1.82, 2.24) is 29.4 Å². The first-order chi connectivity index (χ1) is 19.5. The normalized spacial score (nSPS) is 14.1. The molecule has 0 spiro atoms. The molecule has 1 aliphatic heterocycles. The van der Waals surface area contributed by atoms with Gasteiger partial charge in [0.2, 0.25) is 5.91 Å². The zero-order valence-corrected chi connectivity index (χ0v) is 26.0. The van der Waals surface area contributed by atoms with Gasteiger partial charge in [0.05, 0.1) is 41.6 Å². The van der Waals surface area contributed by atoms with Crippen molar-refractivity contribution in [3.63, 3.8) is 0 Å². The van der Waals surface area contributed by atoms with Gasteiger partial charge in [-0.2, -0.15) is 10.2 Å². The molecule has 1 atom stereocenters. The van der Waals surface area contributed by atoms with Crippen molar-refractivity contribution in [1.29, 1.82) is 0 Å². The van der Waals surface area contributed by atoms with Crippen LogP contribution in [0.2, 0.25) is 10.0 Å². The number of halogens is 2. The number of hydrogen-bond donors (Lipinski definition) is 2. The summed E-state index contributed by atoms with van der Waals surface area (Å²) in [5.41, 5.74) is 4.76. The van der Waals surface area contributed by atoms with Crippen LogP contribution in [0.3, 0.4) is 0 Å². The van der Waals surface area contributed by atoms with Crippen molar-refractivity contribution in [3.05, 3.63) is 57.1 Å². The largest absolute Gasteiger partial charge is 0.450 e. The molecule has 0 bridgehead atoms. The number of nitrogens with one attached hydrogen (secondary N) is 2. The van der Waals surface area contributed by atoms with Crippen LogP contribution in [0.25, 0.3) is 0 Å². The highest BCUT2D eigenvalue weighted by atomic mass is 35.5. The number of nitrogens with zero attached hydrogens (tertiary/aromatic N) is 6. The number of thiocarbonyl (C=S) groups is 1. The number of benzene rings is 1. The molecule has 1 unspecified atom stereocenters. The fourth-order valence-corrected chi connectivity index (χ4v) is 5.29. The molecule has 2 N–H and O–H groups in total. The first-order valence-electron chi connectivity index (χ1n) is 13.3. The van der Waals surface area contributed by atoms with Gasteiger partial charge in [0, 0.05) is 42.4 Å². The van der Waals surface area contributed by atoms with Crippen LogP contribution >= 0.6 is 35.4 Å². The van der Waals surface area contributed by atoms with Crippen LogP contribution in [0.5, 0.6) is 0 Å². The van der Waals surface area contributed by atoms with Crippen molar-refractivity contribution in [2.75, 3.05) is 43.4 Å². The Balaban J connectivity index is 1.37. The van der Waals surface area contributed by atoms with Gasteiger partial charge < -0.3 is 25.2 Å². The zero-order valence-electron chi connectivity index (χ0n) is 23.7. The quantitative estimate of drug-likeness (QED) is 0.354. The van der Waals surface area contributed by atoms with Gasteiger partial charge in [-0.05, 0) is 64.5 Å². The molecule has 11 nitrogen and oxygen atoms in total. The second kappa shape index (κ2) is 13.1. The summed E-state index contributed by atoms with van der Waals surface area (Å²) >= 11 is 18.0. The van der Waals surface area contributed by atoms with Crippen LogP contribution in [0.1, 0.15) is 42.5 Å². The second-order valence-electron chi connectivity index (χ2n) is 9.81. The van der Waals surface area contributed by atoms with E-state index in [4.69, 9.17) is 40.2 Å². The SMILES string of the molecule is CCOC(=O)N1CCN(C(=O)C(C)n2cc(NC(=S)Nc3c(C)nn(Cc4ccc(Cl)cc4Cl)c3C)c(C)n2)CC1. The van der Waals surface area contributed by atoms with Gasteiger partial charge in [0.15, 0.2) is 5.11 Å². The Morgan fingerprint density at radius 2 is 1.73 bits per heavy atom. The number of ether oxygens (including phenoxy) is 1. The highest BCUT2D eigenvalue weighted by Gasteiger charge is 2.29. The summed E-state index contributed by atoms with van der Waals surface area (Å²) in [5, 5.41) is 17.2. The lowest BCUT2D eigenvalue weighted by molar-refractivity contribution is -0.136. The number of piperazine rings is 1. The lowest BCUT2D eigenvalue weighted by Crippen LogP contribution is -2.52. The van der Waals surface area contributed by atoms with E-state index in [1.54, 1.807) is 46.7 Å². The molecule has 1 aromatic carbocycles. The smallest absolute Gasteiger partial charge is 0.409 e. The predicted molar refractivity (Wildman–Crippen MR) is 164 cm³/mol. The number of hydrogen-bond acceptors (Lipinski definition) is 6. The fourth-order valence-electron chi connectivity index (χ4n) is 4.61. The van der Waals surface area contributed by atoms with Gasteiger partial charge in [-0.15, -0.1) is 0 Å². The van der Waals surface area contributed by atoms with Crippen molar-refractivity contribution in [2.24, 2.45) is 0 Å². The van der Waals surface area contributed by atoms with E-state index < -0.39 is 6.04 Å². The lowest BCUT2D eigenvalue weighted by Gasteiger charge is -2.35. The molecule has 2 amide bonds. The second-order valence-corrected chi connectivity index (χ2v) is 11.1. The molecule has 220 valence electrons. The minimum absolute atomic E-state index is 0.0669. The molecule has 1 saturated heterocycles. The summed E-state index contributed by atoms with van der Waals surface area (Å²) in [6, 6.07) is 4.87. The summed E-state index contributed by atoms with van der Waals surface area (Å²) in [5.74, 6) is -0.0669. The molecule has 3 heterocycles. The maximum Gasteiger partial charge on any atom is 0.409 e. The number of aryl methyl sites for hydroxylation is 2. The molecule has 1 aliphatic rings. The van der Waals surface area contributed by atoms with Crippen molar-refractivity contribution < 1.29 is 14.3 Å². The van der Waals surface area contributed by atoms with Gasteiger partial charge in [-0.25, -0.2) is 4.79 Å². The Morgan fingerprint density at radius 3 is 2.39 bits per heavy atom. The Labute approximate surface area is 254 Å². The number of rotatable bonds is 7. The predicted octanol–water partition coefficient (Wildman–Crippen LogP) is 5.03. The van der Waals surface area contributed by atoms with Crippen LogP contribution in [-0.2, 0) is 16.1 Å². The van der Waals surface area contributed by atoms with E-state index in [2.05, 4.69) is 20.8 Å². The third-order valence-electron chi connectivity index (χ3n) is 6.99. The Hall–Kier alpha value is -3.35. The van der Waals surface area contributed by atoms with Gasteiger partial charge in [-0.1, -0.05) is 29.3 Å². The van der Waals surface area contributed by atoms with E-state index >= 15 is 0 Å². The summed E-state index contributed by atoms with van der Waals surface area (Å²) < 4.78 is 8.55. The topological polar surface area (TPSA) is 110 Å². The number of aromatic nitrogens is 4. The number of carbonyl (C=O) groups is 2. The average Bonchev–Trinajstić information content (AvgIpc) is 3.43. The third kappa shape index (κ3) is 7.11. The van der Waals surface area contributed by atoms with Crippen molar-refractivity contribution >= 4 is 63.9 Å². The molecule has 0 saturated carbocycles. The molecule has 1 fully saturated rings. The maximum atomic E-state index is 13.2. The Kier molecular flexibility index (Phi) is 9.77. The highest BCUT2D eigenvalue weighted by Crippen LogP contribution is 2.26. The summed E-state index contributed by atoms with van der Waals surface area (Å²) in [6.45, 7) is 11.9. The number of anilines is 2. The summed E-state index contributed by atoms with van der Waals surface area (Å²) in [4.78, 5) is 28.5. The number of amides is 2. The van der Waals surface area contributed by atoms with Crippen LogP contribution < -0.4 is 10.6 Å². The Bertz CT molecular complexity index is 1450. The minimum Gasteiger partial charge on any atom is -0.450 e. The van der Waals surface area contributed by atoms with Crippen LogP contribution in [-0.4, -0.2) is 79.3 Å². The van der Waals surface area contributed by atoms with Gasteiger partial charge in [0.1, 0.15) is 6.04 Å². The molecular formula is C27H34Cl2N8O3S. The van der Waals surface area contributed by atoms with E-state index in [0.717, 1.165) is 22.6 Å². The van der Waals surface area contributed by atoms with E-state index in [1.165, 1.54) is 0 Å². The maximum absolute atomic E-state index is 13.2. The number of carbonyl (C=O) groups excluding carboxylic acids is 2. The molecule has 14 heteroatoms. The Morgan fingerprint density at radius 1 is 1.05 bits per heavy atom. The monoisotopic (exact) mass is 620 g/mol. The molecule has 4 rings (SSSR count). The molecule has 0 radical (unpaired) electrons. The van der Waals surface area contributed by atoms with E-state index in [9.17, 15) is 9.59 Å². The van der Waals surface area contributed by atoms with Gasteiger partial charge >= 0.3 is 6.09 Å². The first kappa shape index (κ1) is 30.6. The highest BCUT2D eigenvalue weighted by molar-refractivity contribution is 7.80. The lowest BCUT2D eigenvalue weighted by atomic mass is 10.2. The van der Waals surface area contributed by atoms with Gasteiger partial charge in [0.25, 0.3) is 0 Å². The third-order valence-corrected chi connectivity index (χ3v) is 7.78. The van der Waals surface area contributed by atoms with E-state index in [0.29, 0.717) is 65.9 Å². The van der Waals surface area contributed by atoms with E-state index in [1.807, 2.05) is 31.5 Å². The molecule has 41 heavy (non-hydrogen) atoms. The van der Waals surface area contributed by atoms with Crippen molar-refractivity contribution in [3.8, 4) is 0 Å². The standard InChI is InChI=1S/C27H34Cl2N8O3S/c1-6-40-27(39)35-11-9-34(10-12-35)25(38)19(5)37-15-23(16(2)32-37)30-26(41)31-24-17(3)33-36(18(24)4)14-20-7-8-21(28)13-22(20)29/h7-8,13,15,19H,6,9-12,14H2,1-5H3,(H2,30,31,41). The van der Waals surface area contributed by atoms with Crippen LogP contribution in [0, 0.1) is 20.8 Å². The molecular weight excluding hydrogens is 587 g/mol. The molecule has 0 aliphatic carbocycles. The molecule has 3 aromatic rings. The van der Waals surface area contributed by atoms with Crippen molar-refractivity contribution in [2.45, 2.75) is 47.2 Å².